The second-order valence-electron chi connectivity index (χ2n) is 7.26. The van der Waals surface area contributed by atoms with Crippen molar-refractivity contribution < 1.29 is 23.9 Å². The molecule has 27 heavy (non-hydrogen) atoms. The summed E-state index contributed by atoms with van der Waals surface area (Å²) in [7, 11) is 0. The number of amides is 2. The molecule has 1 unspecified atom stereocenters. The minimum Gasteiger partial charge on any atom is -0.481 e. The number of hydrogen-bond donors (Lipinski definition) is 2. The van der Waals surface area contributed by atoms with Crippen molar-refractivity contribution in [1.82, 2.24) is 4.90 Å². The average molecular weight is 368 g/mol. The van der Waals surface area contributed by atoms with Crippen LogP contribution in [0, 0.1) is 11.3 Å². The summed E-state index contributed by atoms with van der Waals surface area (Å²) in [5, 5.41) is 11.9. The van der Waals surface area contributed by atoms with Gasteiger partial charge in [0.15, 0.2) is 5.76 Å². The fourth-order valence-corrected chi connectivity index (χ4v) is 3.92. The van der Waals surface area contributed by atoms with Crippen LogP contribution >= 0.6 is 0 Å². The Balaban J connectivity index is 1.40. The maximum atomic E-state index is 12.8. The fraction of sp³-hybridized carbons (Fsp3) is 0.350. The Morgan fingerprint density at radius 2 is 1.93 bits per heavy atom. The van der Waals surface area contributed by atoms with Gasteiger partial charge in [0.2, 0.25) is 0 Å². The van der Waals surface area contributed by atoms with Gasteiger partial charge in [-0.1, -0.05) is 6.07 Å². The van der Waals surface area contributed by atoms with Crippen molar-refractivity contribution in [2.24, 2.45) is 11.3 Å². The first-order valence-corrected chi connectivity index (χ1v) is 8.95. The highest BCUT2D eigenvalue weighted by Gasteiger charge is 2.59. The molecule has 1 saturated heterocycles. The second kappa shape index (κ2) is 6.57. The van der Waals surface area contributed by atoms with Crippen molar-refractivity contribution in [2.45, 2.75) is 19.3 Å². The summed E-state index contributed by atoms with van der Waals surface area (Å²) in [6, 6.07) is 9.99. The molecule has 1 aliphatic heterocycles. The Labute approximate surface area is 156 Å². The molecule has 2 N–H and O–H groups in total. The third kappa shape index (κ3) is 3.32. The lowest BCUT2D eigenvalue weighted by Gasteiger charge is -2.32. The van der Waals surface area contributed by atoms with Crippen molar-refractivity contribution in [2.75, 3.05) is 18.4 Å². The van der Waals surface area contributed by atoms with Gasteiger partial charge in [0.25, 0.3) is 11.8 Å². The Morgan fingerprint density at radius 3 is 2.56 bits per heavy atom. The summed E-state index contributed by atoms with van der Waals surface area (Å²) >= 11 is 0. The summed E-state index contributed by atoms with van der Waals surface area (Å²) < 4.78 is 5.06. The van der Waals surface area contributed by atoms with Crippen LogP contribution in [0.2, 0.25) is 0 Å². The first-order valence-electron chi connectivity index (χ1n) is 8.95. The standard InChI is InChI=1S/C20H20N2O5/c23-17(16-5-2-10-27-16)21-14-4-1-3-13(11-14)18(24)22-8-6-20(7-9-22)12-15(20)19(25)26/h1-5,10-11,15H,6-9,12H2,(H,21,23)(H,25,26). The number of rotatable bonds is 4. The van der Waals surface area contributed by atoms with Gasteiger partial charge in [0.05, 0.1) is 12.2 Å². The van der Waals surface area contributed by atoms with E-state index < -0.39 is 5.97 Å². The molecule has 2 fully saturated rings. The van der Waals surface area contributed by atoms with Crippen LogP contribution in [0.5, 0.6) is 0 Å². The van der Waals surface area contributed by atoms with Gasteiger partial charge >= 0.3 is 5.97 Å². The van der Waals surface area contributed by atoms with Crippen LogP contribution in [-0.2, 0) is 4.79 Å². The largest absolute Gasteiger partial charge is 0.481 e. The quantitative estimate of drug-likeness (QED) is 0.864. The van der Waals surface area contributed by atoms with Gasteiger partial charge in [-0.3, -0.25) is 14.4 Å². The summed E-state index contributed by atoms with van der Waals surface area (Å²) in [4.78, 5) is 37.8. The molecule has 1 aromatic heterocycles. The molecule has 0 bridgehead atoms. The van der Waals surface area contributed by atoms with E-state index >= 15 is 0 Å². The van der Waals surface area contributed by atoms with Crippen LogP contribution in [-0.4, -0.2) is 40.9 Å². The number of nitrogens with zero attached hydrogens (tertiary/aromatic N) is 1. The van der Waals surface area contributed by atoms with E-state index in [1.807, 2.05) is 0 Å². The van der Waals surface area contributed by atoms with Gasteiger partial charge in [-0.2, -0.15) is 0 Å². The Kier molecular flexibility index (Phi) is 4.22. The third-order valence-electron chi connectivity index (χ3n) is 5.65. The molecule has 1 spiro atoms. The molecule has 7 heteroatoms. The van der Waals surface area contributed by atoms with Crippen LogP contribution in [0.15, 0.2) is 47.1 Å². The minimum atomic E-state index is -0.727. The molecule has 7 nitrogen and oxygen atoms in total. The van der Waals surface area contributed by atoms with E-state index in [4.69, 9.17) is 4.42 Å². The van der Waals surface area contributed by atoms with Crippen molar-refractivity contribution in [3.05, 3.63) is 54.0 Å². The molecule has 140 valence electrons. The lowest BCUT2D eigenvalue weighted by molar-refractivity contribution is -0.139. The van der Waals surface area contributed by atoms with E-state index in [9.17, 15) is 19.5 Å². The van der Waals surface area contributed by atoms with E-state index in [2.05, 4.69) is 5.32 Å². The van der Waals surface area contributed by atoms with Crippen LogP contribution in [0.3, 0.4) is 0 Å². The topological polar surface area (TPSA) is 99.9 Å². The maximum absolute atomic E-state index is 12.8. The smallest absolute Gasteiger partial charge is 0.307 e. The number of carboxylic acid groups (broad SMARTS) is 1. The number of furan rings is 1. The highest BCUT2D eigenvalue weighted by molar-refractivity contribution is 6.03. The first-order chi connectivity index (χ1) is 13.0. The van der Waals surface area contributed by atoms with Gasteiger partial charge in [0, 0.05) is 24.3 Å². The zero-order valence-electron chi connectivity index (χ0n) is 14.7. The molecule has 2 heterocycles. The normalized spacial score (nSPS) is 20.3. The average Bonchev–Trinajstić information content (AvgIpc) is 3.11. The number of carbonyl (C=O) groups excluding carboxylic acids is 2. The van der Waals surface area contributed by atoms with Crippen molar-refractivity contribution in [3.8, 4) is 0 Å². The molecule has 0 radical (unpaired) electrons. The number of hydrogen-bond acceptors (Lipinski definition) is 4. The zero-order chi connectivity index (χ0) is 19.0. The molecule has 1 atom stereocenters. The first kappa shape index (κ1) is 17.3. The van der Waals surface area contributed by atoms with E-state index in [-0.39, 0.29) is 28.9 Å². The second-order valence-corrected chi connectivity index (χ2v) is 7.26. The maximum Gasteiger partial charge on any atom is 0.307 e. The van der Waals surface area contributed by atoms with Crippen LogP contribution in [0.4, 0.5) is 5.69 Å². The van der Waals surface area contributed by atoms with Crippen molar-refractivity contribution in [3.63, 3.8) is 0 Å². The summed E-state index contributed by atoms with van der Waals surface area (Å²) in [5.41, 5.74) is 0.902. The number of nitrogens with one attached hydrogen (secondary N) is 1. The van der Waals surface area contributed by atoms with Gasteiger partial charge in [-0.25, -0.2) is 0 Å². The predicted octanol–water partition coefficient (Wildman–Crippen LogP) is 2.86. The summed E-state index contributed by atoms with van der Waals surface area (Å²) in [5.74, 6) is -1.26. The SMILES string of the molecule is O=C(Nc1cccc(C(=O)N2CCC3(CC2)CC3C(=O)O)c1)c1ccco1. The lowest BCUT2D eigenvalue weighted by atomic mass is 9.90. The number of piperidine rings is 1. The van der Waals surface area contributed by atoms with Crippen LogP contribution in [0.25, 0.3) is 0 Å². The number of likely N-dealkylation sites (tertiary alicyclic amines) is 1. The monoisotopic (exact) mass is 368 g/mol. The van der Waals surface area contributed by atoms with Crippen molar-refractivity contribution >= 4 is 23.5 Å². The molecule has 4 rings (SSSR count). The zero-order valence-corrected chi connectivity index (χ0v) is 14.7. The molecule has 1 saturated carbocycles. The lowest BCUT2D eigenvalue weighted by Crippen LogP contribution is -2.40. The fourth-order valence-electron chi connectivity index (χ4n) is 3.92. The number of carboxylic acids is 1. The van der Waals surface area contributed by atoms with E-state index in [1.54, 1.807) is 41.3 Å². The number of carbonyl (C=O) groups is 3. The molecular formula is C20H20N2O5. The van der Waals surface area contributed by atoms with Crippen LogP contribution in [0.1, 0.15) is 40.2 Å². The third-order valence-corrected chi connectivity index (χ3v) is 5.65. The molecule has 2 aromatic rings. The Hall–Kier alpha value is -3.09. The Morgan fingerprint density at radius 1 is 1.15 bits per heavy atom. The molecule has 2 amide bonds. The molecular weight excluding hydrogens is 348 g/mol. The van der Waals surface area contributed by atoms with Gasteiger partial charge in [-0.15, -0.1) is 0 Å². The predicted molar refractivity (Wildman–Crippen MR) is 96.4 cm³/mol. The summed E-state index contributed by atoms with van der Waals surface area (Å²) in [6.45, 7) is 1.12. The highest BCUT2D eigenvalue weighted by atomic mass is 16.4. The number of aliphatic carboxylic acids is 1. The highest BCUT2D eigenvalue weighted by Crippen LogP contribution is 2.59. The molecule has 2 aliphatic rings. The number of anilines is 1. The van der Waals surface area contributed by atoms with Crippen LogP contribution < -0.4 is 5.32 Å². The van der Waals surface area contributed by atoms with Gasteiger partial charge < -0.3 is 19.7 Å². The minimum absolute atomic E-state index is 0.105. The molecule has 1 aromatic carbocycles. The number of benzene rings is 1. The van der Waals surface area contributed by atoms with Crippen molar-refractivity contribution in [1.29, 1.82) is 0 Å². The van der Waals surface area contributed by atoms with Gasteiger partial charge in [0.1, 0.15) is 0 Å². The van der Waals surface area contributed by atoms with Gasteiger partial charge in [-0.05, 0) is 55.0 Å². The van der Waals surface area contributed by atoms with E-state index in [0.717, 1.165) is 19.3 Å². The molecule has 1 aliphatic carbocycles. The Bertz CT molecular complexity index is 882. The van der Waals surface area contributed by atoms with E-state index in [0.29, 0.717) is 24.3 Å². The summed E-state index contributed by atoms with van der Waals surface area (Å²) in [6.07, 6.45) is 3.60. The van der Waals surface area contributed by atoms with E-state index in [1.165, 1.54) is 6.26 Å².